The molecule has 0 spiro atoms. The molecule has 1 saturated heterocycles. The molecule has 1 atom stereocenters. The zero-order valence-electron chi connectivity index (χ0n) is 9.60. The number of morpholine rings is 1. The van der Waals surface area contributed by atoms with Crippen molar-refractivity contribution in [1.29, 1.82) is 0 Å². The predicted octanol–water partition coefficient (Wildman–Crippen LogP) is 2.05. The van der Waals surface area contributed by atoms with E-state index in [1.54, 1.807) is 6.07 Å². The van der Waals surface area contributed by atoms with Crippen molar-refractivity contribution in [3.8, 4) is 11.4 Å². The molecule has 1 aliphatic heterocycles. The summed E-state index contributed by atoms with van der Waals surface area (Å²) in [7, 11) is 0. The van der Waals surface area contributed by atoms with Crippen LogP contribution in [0.1, 0.15) is 12.0 Å². The van der Waals surface area contributed by atoms with Crippen molar-refractivity contribution in [1.82, 2.24) is 15.5 Å². The van der Waals surface area contributed by atoms with Crippen LogP contribution in [0.25, 0.3) is 11.4 Å². The van der Waals surface area contributed by atoms with E-state index in [1.165, 1.54) is 0 Å². The molecular formula is C12H12ClN3O2. The summed E-state index contributed by atoms with van der Waals surface area (Å²) in [6.45, 7) is 2.18. The molecule has 2 heterocycles. The first-order valence-electron chi connectivity index (χ1n) is 5.75. The normalized spacial score (nSPS) is 19.9. The average Bonchev–Trinajstić information content (AvgIpc) is 2.90. The van der Waals surface area contributed by atoms with Gasteiger partial charge in [-0.3, -0.25) is 0 Å². The summed E-state index contributed by atoms with van der Waals surface area (Å²) >= 11 is 6.09. The van der Waals surface area contributed by atoms with Gasteiger partial charge < -0.3 is 14.6 Å². The monoisotopic (exact) mass is 265 g/mol. The Morgan fingerprint density at radius 1 is 1.33 bits per heavy atom. The number of rotatable bonds is 2. The molecule has 0 amide bonds. The zero-order chi connectivity index (χ0) is 12.4. The molecule has 6 heteroatoms. The van der Waals surface area contributed by atoms with Gasteiger partial charge in [-0.1, -0.05) is 28.9 Å². The number of hydrogen-bond acceptors (Lipinski definition) is 5. The molecule has 1 aromatic carbocycles. The van der Waals surface area contributed by atoms with E-state index in [1.807, 2.05) is 18.2 Å². The Morgan fingerprint density at radius 3 is 3.00 bits per heavy atom. The van der Waals surface area contributed by atoms with Crippen LogP contribution in [0, 0.1) is 0 Å². The van der Waals surface area contributed by atoms with Gasteiger partial charge in [0.15, 0.2) is 0 Å². The minimum Gasteiger partial charge on any atom is -0.366 e. The van der Waals surface area contributed by atoms with Gasteiger partial charge in [0.05, 0.1) is 11.6 Å². The lowest BCUT2D eigenvalue weighted by atomic mass is 10.2. The summed E-state index contributed by atoms with van der Waals surface area (Å²) in [5.74, 6) is 0.974. The van der Waals surface area contributed by atoms with Gasteiger partial charge in [0, 0.05) is 18.7 Å². The third-order valence-corrected chi connectivity index (χ3v) is 3.09. The smallest absolute Gasteiger partial charge is 0.257 e. The Kier molecular flexibility index (Phi) is 3.27. The summed E-state index contributed by atoms with van der Waals surface area (Å²) in [6.07, 6.45) is -0.178. The molecule has 1 fully saturated rings. The van der Waals surface area contributed by atoms with Crippen molar-refractivity contribution in [2.24, 2.45) is 0 Å². The fraction of sp³-hybridized carbons (Fsp3) is 0.333. The molecule has 0 unspecified atom stereocenters. The minimum absolute atomic E-state index is 0.178. The highest BCUT2D eigenvalue weighted by Crippen LogP contribution is 2.26. The van der Waals surface area contributed by atoms with E-state index in [2.05, 4.69) is 15.5 Å². The number of halogens is 1. The van der Waals surface area contributed by atoms with Crippen molar-refractivity contribution >= 4 is 11.6 Å². The third-order valence-electron chi connectivity index (χ3n) is 2.76. The van der Waals surface area contributed by atoms with Gasteiger partial charge in [0.2, 0.25) is 5.82 Å². The van der Waals surface area contributed by atoms with Crippen LogP contribution < -0.4 is 5.32 Å². The molecule has 1 N–H and O–H groups in total. The minimum atomic E-state index is -0.178. The third kappa shape index (κ3) is 2.25. The van der Waals surface area contributed by atoms with E-state index in [0.29, 0.717) is 29.9 Å². The Labute approximate surface area is 109 Å². The second kappa shape index (κ2) is 5.06. The quantitative estimate of drug-likeness (QED) is 0.901. The lowest BCUT2D eigenvalue weighted by Crippen LogP contribution is -2.33. The maximum Gasteiger partial charge on any atom is 0.257 e. The molecular weight excluding hydrogens is 254 g/mol. The lowest BCUT2D eigenvalue weighted by molar-refractivity contribution is 0.00755. The number of benzene rings is 1. The molecule has 0 saturated carbocycles. The maximum absolute atomic E-state index is 6.09. The van der Waals surface area contributed by atoms with Crippen LogP contribution in [-0.2, 0) is 4.74 Å². The van der Waals surface area contributed by atoms with Crippen LogP contribution in [0.15, 0.2) is 28.8 Å². The molecule has 0 radical (unpaired) electrons. The highest BCUT2D eigenvalue weighted by atomic mass is 35.5. The second-order valence-electron chi connectivity index (χ2n) is 4.00. The Balaban J connectivity index is 1.87. The molecule has 0 aliphatic carbocycles. The SMILES string of the molecule is Clc1ccccc1-c1noc([C@H]2CNCCO2)n1. The molecule has 94 valence electrons. The molecule has 1 aliphatic rings. The molecule has 2 aromatic rings. The van der Waals surface area contributed by atoms with Gasteiger partial charge in [-0.25, -0.2) is 0 Å². The first kappa shape index (κ1) is 11.6. The van der Waals surface area contributed by atoms with Crippen LogP contribution >= 0.6 is 11.6 Å². The molecule has 18 heavy (non-hydrogen) atoms. The number of nitrogens with one attached hydrogen (secondary N) is 1. The Bertz CT molecular complexity index is 538. The van der Waals surface area contributed by atoms with Gasteiger partial charge in [0.1, 0.15) is 6.10 Å². The zero-order valence-corrected chi connectivity index (χ0v) is 10.4. The highest BCUT2D eigenvalue weighted by Gasteiger charge is 2.22. The Hall–Kier alpha value is -1.43. The van der Waals surface area contributed by atoms with Crippen molar-refractivity contribution < 1.29 is 9.26 Å². The van der Waals surface area contributed by atoms with E-state index in [0.717, 1.165) is 12.1 Å². The van der Waals surface area contributed by atoms with E-state index in [-0.39, 0.29) is 6.10 Å². The largest absolute Gasteiger partial charge is 0.366 e. The van der Waals surface area contributed by atoms with Crippen molar-refractivity contribution in [2.45, 2.75) is 6.10 Å². The summed E-state index contributed by atoms with van der Waals surface area (Å²) in [5, 5.41) is 7.76. The van der Waals surface area contributed by atoms with E-state index >= 15 is 0 Å². The van der Waals surface area contributed by atoms with Crippen molar-refractivity contribution in [2.75, 3.05) is 19.7 Å². The number of aromatic nitrogens is 2. The number of ether oxygens (including phenoxy) is 1. The maximum atomic E-state index is 6.09. The number of hydrogen-bond donors (Lipinski definition) is 1. The van der Waals surface area contributed by atoms with Gasteiger partial charge in [-0.2, -0.15) is 4.98 Å². The van der Waals surface area contributed by atoms with Crippen LogP contribution in [0.5, 0.6) is 0 Å². The van der Waals surface area contributed by atoms with Gasteiger partial charge >= 0.3 is 0 Å². The standard InChI is InChI=1S/C12H12ClN3O2/c13-9-4-2-1-3-8(9)11-15-12(18-16-11)10-7-14-5-6-17-10/h1-4,10,14H,5-7H2/t10-/m1/s1. The highest BCUT2D eigenvalue weighted by molar-refractivity contribution is 6.33. The first-order valence-corrected chi connectivity index (χ1v) is 6.13. The van der Waals surface area contributed by atoms with Crippen LogP contribution in [-0.4, -0.2) is 29.8 Å². The molecule has 0 bridgehead atoms. The van der Waals surface area contributed by atoms with E-state index in [9.17, 15) is 0 Å². The van der Waals surface area contributed by atoms with Crippen molar-refractivity contribution in [3.05, 3.63) is 35.2 Å². The second-order valence-corrected chi connectivity index (χ2v) is 4.41. The van der Waals surface area contributed by atoms with Crippen LogP contribution in [0.4, 0.5) is 0 Å². The van der Waals surface area contributed by atoms with Gasteiger partial charge in [0.25, 0.3) is 5.89 Å². The first-order chi connectivity index (χ1) is 8.84. The molecule has 5 nitrogen and oxygen atoms in total. The summed E-state index contributed by atoms with van der Waals surface area (Å²) in [4.78, 5) is 4.34. The van der Waals surface area contributed by atoms with Gasteiger partial charge in [-0.05, 0) is 12.1 Å². The van der Waals surface area contributed by atoms with Gasteiger partial charge in [-0.15, -0.1) is 0 Å². The fourth-order valence-corrected chi connectivity index (χ4v) is 2.06. The van der Waals surface area contributed by atoms with E-state index < -0.39 is 0 Å². The topological polar surface area (TPSA) is 60.2 Å². The Morgan fingerprint density at radius 2 is 2.22 bits per heavy atom. The van der Waals surface area contributed by atoms with E-state index in [4.69, 9.17) is 20.9 Å². The molecule has 1 aromatic heterocycles. The van der Waals surface area contributed by atoms with Crippen molar-refractivity contribution in [3.63, 3.8) is 0 Å². The predicted molar refractivity (Wildman–Crippen MR) is 66.3 cm³/mol. The number of nitrogens with zero attached hydrogens (tertiary/aromatic N) is 2. The fourth-order valence-electron chi connectivity index (χ4n) is 1.84. The summed E-state index contributed by atoms with van der Waals surface area (Å²) < 4.78 is 10.8. The summed E-state index contributed by atoms with van der Waals surface area (Å²) in [5.41, 5.74) is 0.762. The molecule has 3 rings (SSSR count). The van der Waals surface area contributed by atoms with Crippen LogP contribution in [0.2, 0.25) is 5.02 Å². The summed E-state index contributed by atoms with van der Waals surface area (Å²) in [6, 6.07) is 7.40. The lowest BCUT2D eigenvalue weighted by Gasteiger charge is -2.19. The van der Waals surface area contributed by atoms with Crippen LogP contribution in [0.3, 0.4) is 0 Å². The average molecular weight is 266 g/mol.